The Bertz CT molecular complexity index is 512. The molecule has 0 saturated heterocycles. The second kappa shape index (κ2) is 6.66. The van der Waals surface area contributed by atoms with E-state index in [1.165, 1.54) is 35.4 Å². The Hall–Kier alpha value is -0.970. The molecule has 20 heavy (non-hydrogen) atoms. The fourth-order valence-corrected chi connectivity index (χ4v) is 3.91. The first-order chi connectivity index (χ1) is 9.83. The highest BCUT2D eigenvalue weighted by Crippen LogP contribution is 2.22. The molecule has 1 aliphatic rings. The zero-order chi connectivity index (χ0) is 13.8. The normalized spacial score (nSPS) is 16.5. The van der Waals surface area contributed by atoms with Crippen LogP contribution in [-0.4, -0.2) is 36.1 Å². The van der Waals surface area contributed by atoms with Crippen molar-refractivity contribution >= 4 is 21.6 Å². The smallest absolute Gasteiger partial charge is 0.108 e. The summed E-state index contributed by atoms with van der Waals surface area (Å²) >= 11 is 1.79. The minimum atomic E-state index is 0.819. The molecule has 3 rings (SSSR count). The van der Waals surface area contributed by atoms with E-state index in [1.807, 2.05) is 0 Å². The first kappa shape index (κ1) is 14.0. The van der Waals surface area contributed by atoms with Gasteiger partial charge in [0.15, 0.2) is 0 Å². The molecule has 0 radical (unpaired) electrons. The summed E-state index contributed by atoms with van der Waals surface area (Å²) in [5.41, 5.74) is 1.12. The predicted molar refractivity (Wildman–Crippen MR) is 86.2 cm³/mol. The maximum Gasteiger partial charge on any atom is 0.108 e. The number of rotatable bonds is 6. The zero-order valence-corrected chi connectivity index (χ0v) is 13.0. The number of nitrogens with zero attached hydrogens (tertiary/aromatic N) is 2. The lowest BCUT2D eigenvalue weighted by Crippen LogP contribution is -2.35. The lowest BCUT2D eigenvalue weighted by atomic mass is 10.2. The molecule has 1 aromatic carbocycles. The monoisotopic (exact) mass is 289 g/mol. The average Bonchev–Trinajstić information content (AvgIpc) is 3.11. The fourth-order valence-electron chi connectivity index (χ4n) is 2.97. The second-order valence-electron chi connectivity index (χ2n) is 5.67. The van der Waals surface area contributed by atoms with Crippen molar-refractivity contribution in [3.8, 4) is 0 Å². The van der Waals surface area contributed by atoms with Crippen molar-refractivity contribution < 1.29 is 0 Å². The van der Waals surface area contributed by atoms with Gasteiger partial charge in [0.1, 0.15) is 5.01 Å². The molecule has 108 valence electrons. The lowest BCUT2D eigenvalue weighted by molar-refractivity contribution is 0.245. The minimum absolute atomic E-state index is 0.819. The molecule has 0 spiro atoms. The molecule has 1 N–H and O–H groups in total. The Morgan fingerprint density at radius 1 is 1.30 bits per heavy atom. The Labute approximate surface area is 125 Å². The third-order valence-electron chi connectivity index (χ3n) is 4.20. The summed E-state index contributed by atoms with van der Waals surface area (Å²) in [5, 5.41) is 4.71. The van der Waals surface area contributed by atoms with Crippen molar-refractivity contribution in [3.05, 3.63) is 29.3 Å². The Morgan fingerprint density at radius 2 is 2.10 bits per heavy atom. The van der Waals surface area contributed by atoms with Gasteiger partial charge >= 0.3 is 0 Å². The van der Waals surface area contributed by atoms with Crippen LogP contribution in [0.4, 0.5) is 0 Å². The summed E-state index contributed by atoms with van der Waals surface area (Å²) in [6, 6.07) is 9.18. The molecule has 0 atom stereocenters. The van der Waals surface area contributed by atoms with Gasteiger partial charge in [-0.25, -0.2) is 4.98 Å². The molecule has 0 bridgehead atoms. The first-order valence-electron chi connectivity index (χ1n) is 7.58. The summed E-state index contributed by atoms with van der Waals surface area (Å²) in [5.74, 6) is 0. The summed E-state index contributed by atoms with van der Waals surface area (Å²) < 4.78 is 1.28. The molecule has 0 aliphatic heterocycles. The number of benzene rings is 1. The van der Waals surface area contributed by atoms with Gasteiger partial charge in [0.2, 0.25) is 0 Å². The minimum Gasteiger partial charge on any atom is -0.309 e. The third-order valence-corrected chi connectivity index (χ3v) is 5.24. The maximum absolute atomic E-state index is 4.65. The number of aromatic nitrogens is 1. The van der Waals surface area contributed by atoms with E-state index >= 15 is 0 Å². The molecular weight excluding hydrogens is 266 g/mol. The van der Waals surface area contributed by atoms with Gasteiger partial charge in [-0.2, -0.15) is 0 Å². The molecule has 1 fully saturated rings. The quantitative estimate of drug-likeness (QED) is 0.827. The highest BCUT2D eigenvalue weighted by molar-refractivity contribution is 7.18. The second-order valence-corrected chi connectivity index (χ2v) is 6.79. The van der Waals surface area contributed by atoms with E-state index in [-0.39, 0.29) is 0 Å². The Morgan fingerprint density at radius 3 is 2.90 bits per heavy atom. The molecule has 3 nitrogen and oxygen atoms in total. The van der Waals surface area contributed by atoms with Crippen LogP contribution in [0.15, 0.2) is 24.3 Å². The van der Waals surface area contributed by atoms with Crippen LogP contribution in [0, 0.1) is 0 Å². The number of para-hydroxylation sites is 1. The van der Waals surface area contributed by atoms with E-state index < -0.39 is 0 Å². The van der Waals surface area contributed by atoms with Crippen LogP contribution in [0.3, 0.4) is 0 Å². The fraction of sp³-hybridized carbons (Fsp3) is 0.562. The van der Waals surface area contributed by atoms with Crippen LogP contribution < -0.4 is 5.32 Å². The van der Waals surface area contributed by atoms with Crippen molar-refractivity contribution in [1.82, 2.24) is 15.2 Å². The van der Waals surface area contributed by atoms with Crippen LogP contribution in [0.5, 0.6) is 0 Å². The van der Waals surface area contributed by atoms with Crippen LogP contribution in [0.25, 0.3) is 10.2 Å². The number of thiazole rings is 1. The van der Waals surface area contributed by atoms with E-state index in [4.69, 9.17) is 0 Å². The van der Waals surface area contributed by atoms with Gasteiger partial charge in [0, 0.05) is 25.7 Å². The van der Waals surface area contributed by atoms with Crippen molar-refractivity contribution in [1.29, 1.82) is 0 Å². The topological polar surface area (TPSA) is 28.2 Å². The van der Waals surface area contributed by atoms with E-state index in [0.717, 1.165) is 31.2 Å². The standard InChI is InChI=1S/C16H23N3S/c1-19(13-6-2-3-7-13)11-10-17-12-16-18-14-8-4-5-9-15(14)20-16/h4-5,8-9,13,17H,2-3,6-7,10-12H2,1H3. The Balaban J connectivity index is 1.43. The van der Waals surface area contributed by atoms with Gasteiger partial charge in [-0.1, -0.05) is 25.0 Å². The van der Waals surface area contributed by atoms with Gasteiger partial charge in [-0.3, -0.25) is 0 Å². The number of nitrogens with one attached hydrogen (secondary N) is 1. The molecule has 0 unspecified atom stereocenters. The molecule has 4 heteroatoms. The van der Waals surface area contributed by atoms with E-state index in [9.17, 15) is 0 Å². The van der Waals surface area contributed by atoms with E-state index in [1.54, 1.807) is 11.3 Å². The summed E-state index contributed by atoms with van der Waals surface area (Å²) in [6.07, 6.45) is 5.59. The predicted octanol–water partition coefficient (Wildman–Crippen LogP) is 3.26. The summed E-state index contributed by atoms with van der Waals surface area (Å²) in [4.78, 5) is 7.16. The number of fused-ring (bicyclic) bond motifs is 1. The molecule has 1 aliphatic carbocycles. The summed E-state index contributed by atoms with van der Waals surface area (Å²) in [6.45, 7) is 3.07. The molecule has 1 saturated carbocycles. The van der Waals surface area contributed by atoms with Crippen LogP contribution in [-0.2, 0) is 6.54 Å². The van der Waals surface area contributed by atoms with Gasteiger partial charge < -0.3 is 10.2 Å². The van der Waals surface area contributed by atoms with Gasteiger partial charge in [0.05, 0.1) is 10.2 Å². The van der Waals surface area contributed by atoms with Crippen molar-refractivity contribution in [2.24, 2.45) is 0 Å². The molecule has 2 aromatic rings. The number of likely N-dealkylation sites (N-methyl/N-ethyl adjacent to an activating group) is 1. The molecule has 0 amide bonds. The highest BCUT2D eigenvalue weighted by atomic mass is 32.1. The largest absolute Gasteiger partial charge is 0.309 e. The zero-order valence-electron chi connectivity index (χ0n) is 12.1. The van der Waals surface area contributed by atoms with Gasteiger partial charge in [-0.05, 0) is 32.0 Å². The number of hydrogen-bond acceptors (Lipinski definition) is 4. The maximum atomic E-state index is 4.65. The SMILES string of the molecule is CN(CCNCc1nc2ccccc2s1)C1CCCC1. The van der Waals surface area contributed by atoms with Crippen LogP contribution >= 0.6 is 11.3 Å². The van der Waals surface area contributed by atoms with Crippen LogP contribution in [0.1, 0.15) is 30.7 Å². The van der Waals surface area contributed by atoms with Crippen molar-refractivity contribution in [2.45, 2.75) is 38.3 Å². The van der Waals surface area contributed by atoms with Gasteiger partial charge in [0.25, 0.3) is 0 Å². The highest BCUT2D eigenvalue weighted by Gasteiger charge is 2.18. The van der Waals surface area contributed by atoms with E-state index in [0.29, 0.717) is 0 Å². The van der Waals surface area contributed by atoms with Gasteiger partial charge in [-0.15, -0.1) is 11.3 Å². The van der Waals surface area contributed by atoms with E-state index in [2.05, 4.69) is 46.5 Å². The third kappa shape index (κ3) is 3.37. The van der Waals surface area contributed by atoms with Crippen LogP contribution in [0.2, 0.25) is 0 Å². The Kier molecular flexibility index (Phi) is 4.65. The molecule has 1 aromatic heterocycles. The van der Waals surface area contributed by atoms with Crippen molar-refractivity contribution in [3.63, 3.8) is 0 Å². The average molecular weight is 289 g/mol. The van der Waals surface area contributed by atoms with Crippen molar-refractivity contribution in [2.75, 3.05) is 20.1 Å². The first-order valence-corrected chi connectivity index (χ1v) is 8.40. The lowest BCUT2D eigenvalue weighted by Gasteiger charge is -2.23. The number of hydrogen-bond donors (Lipinski definition) is 1. The summed E-state index contributed by atoms with van der Waals surface area (Å²) in [7, 11) is 2.26. The molecule has 1 heterocycles. The molecular formula is C16H23N3S.